The molecule has 0 spiro atoms. The Balaban J connectivity index is 1.38. The van der Waals surface area contributed by atoms with Crippen LogP contribution in [0.25, 0.3) is 0 Å². The van der Waals surface area contributed by atoms with Gasteiger partial charge in [0, 0.05) is 50.6 Å². The molecule has 1 aromatic carbocycles. The predicted octanol–water partition coefficient (Wildman–Crippen LogP) is 2.07. The summed E-state index contributed by atoms with van der Waals surface area (Å²) in [7, 11) is 0. The number of nitrogens with one attached hydrogen (secondary N) is 1. The van der Waals surface area contributed by atoms with Crippen LogP contribution >= 0.6 is 0 Å². The van der Waals surface area contributed by atoms with Crippen molar-refractivity contribution in [1.82, 2.24) is 15.5 Å². The Morgan fingerprint density at radius 1 is 1.04 bits per heavy atom. The molecule has 3 heterocycles. The second-order valence-corrected chi connectivity index (χ2v) is 6.98. The maximum atomic E-state index is 5.50. The Morgan fingerprint density at radius 2 is 1.92 bits per heavy atom. The van der Waals surface area contributed by atoms with Gasteiger partial charge in [0.15, 0.2) is 5.82 Å². The number of anilines is 2. The van der Waals surface area contributed by atoms with Crippen molar-refractivity contribution in [3.05, 3.63) is 48.2 Å². The van der Waals surface area contributed by atoms with Gasteiger partial charge in [-0.15, -0.1) is 5.10 Å². The molecule has 6 nitrogen and oxygen atoms in total. The first-order valence-corrected chi connectivity index (χ1v) is 9.57. The lowest BCUT2D eigenvalue weighted by Crippen LogP contribution is -2.46. The van der Waals surface area contributed by atoms with Gasteiger partial charge in [0.1, 0.15) is 0 Å². The summed E-state index contributed by atoms with van der Waals surface area (Å²) in [5.74, 6) is 0.979. The number of piperidine rings is 1. The lowest BCUT2D eigenvalue weighted by atomic mass is 10.0. The van der Waals surface area contributed by atoms with Gasteiger partial charge in [-0.1, -0.05) is 18.2 Å². The monoisotopic (exact) mass is 353 g/mol. The zero-order chi connectivity index (χ0) is 17.6. The number of ether oxygens (including phenoxy) is 1. The van der Waals surface area contributed by atoms with E-state index < -0.39 is 0 Å². The normalized spacial score (nSPS) is 21.0. The van der Waals surface area contributed by atoms with Gasteiger partial charge in [0.25, 0.3) is 0 Å². The van der Waals surface area contributed by atoms with E-state index in [1.54, 1.807) is 6.20 Å². The van der Waals surface area contributed by atoms with Crippen LogP contribution in [-0.2, 0) is 11.3 Å². The fraction of sp³-hybridized carbons (Fsp3) is 0.500. The number of aromatic nitrogens is 2. The highest BCUT2D eigenvalue weighted by molar-refractivity contribution is 5.54. The average Bonchev–Trinajstić information content (AvgIpc) is 2.74. The van der Waals surface area contributed by atoms with Gasteiger partial charge < -0.3 is 19.9 Å². The standard InChI is InChI=1S/C20H27N5O/c1-2-7-19(24-11-13-26-14-12-24)17(5-1)15-21-18-6-4-10-25(16-18)20-8-3-9-22-23-20/h1-3,5,7-9,18,21H,4,6,10-16H2/t18-/m0/s1. The van der Waals surface area contributed by atoms with Gasteiger partial charge in [-0.05, 0) is 36.6 Å². The zero-order valence-corrected chi connectivity index (χ0v) is 15.2. The maximum absolute atomic E-state index is 5.50. The number of benzene rings is 1. The summed E-state index contributed by atoms with van der Waals surface area (Å²) in [5.41, 5.74) is 2.70. The van der Waals surface area contributed by atoms with Crippen LogP contribution in [0.2, 0.25) is 0 Å². The molecular weight excluding hydrogens is 326 g/mol. The Labute approximate surface area is 155 Å². The second-order valence-electron chi connectivity index (χ2n) is 6.98. The second kappa shape index (κ2) is 8.47. The summed E-state index contributed by atoms with van der Waals surface area (Å²) in [5, 5.41) is 12.0. The van der Waals surface area contributed by atoms with E-state index in [9.17, 15) is 0 Å². The number of hydrogen-bond acceptors (Lipinski definition) is 6. The van der Waals surface area contributed by atoms with Gasteiger partial charge in [-0.2, -0.15) is 5.10 Å². The number of hydrogen-bond donors (Lipinski definition) is 1. The minimum absolute atomic E-state index is 0.475. The molecule has 0 radical (unpaired) electrons. The molecule has 2 aliphatic rings. The number of nitrogens with zero attached hydrogens (tertiary/aromatic N) is 4. The first-order chi connectivity index (χ1) is 12.9. The Hall–Kier alpha value is -2.18. The Kier molecular flexibility index (Phi) is 5.62. The molecule has 1 aromatic heterocycles. The van der Waals surface area contributed by atoms with E-state index in [-0.39, 0.29) is 0 Å². The van der Waals surface area contributed by atoms with Crippen molar-refractivity contribution in [2.24, 2.45) is 0 Å². The molecule has 2 fully saturated rings. The van der Waals surface area contributed by atoms with Gasteiger partial charge >= 0.3 is 0 Å². The van der Waals surface area contributed by atoms with Crippen LogP contribution in [0.4, 0.5) is 11.5 Å². The van der Waals surface area contributed by atoms with Crippen LogP contribution < -0.4 is 15.1 Å². The van der Waals surface area contributed by atoms with Gasteiger partial charge in [0.2, 0.25) is 0 Å². The van der Waals surface area contributed by atoms with Crippen LogP contribution in [0, 0.1) is 0 Å². The lowest BCUT2D eigenvalue weighted by molar-refractivity contribution is 0.122. The molecule has 0 amide bonds. The molecule has 4 rings (SSSR count). The molecule has 0 saturated carbocycles. The van der Waals surface area contributed by atoms with Crippen LogP contribution in [0.3, 0.4) is 0 Å². The Bertz CT molecular complexity index is 690. The molecule has 2 aliphatic heterocycles. The van der Waals surface area contributed by atoms with Crippen molar-refractivity contribution >= 4 is 11.5 Å². The first-order valence-electron chi connectivity index (χ1n) is 9.57. The quantitative estimate of drug-likeness (QED) is 0.888. The molecule has 0 aliphatic carbocycles. The van der Waals surface area contributed by atoms with Gasteiger partial charge in [-0.25, -0.2) is 0 Å². The molecule has 2 aromatic rings. The fourth-order valence-electron chi connectivity index (χ4n) is 3.84. The van der Waals surface area contributed by atoms with E-state index >= 15 is 0 Å². The highest BCUT2D eigenvalue weighted by atomic mass is 16.5. The summed E-state index contributed by atoms with van der Waals surface area (Å²) >= 11 is 0. The smallest absolute Gasteiger partial charge is 0.151 e. The van der Waals surface area contributed by atoms with Crippen molar-refractivity contribution < 1.29 is 4.74 Å². The van der Waals surface area contributed by atoms with E-state index in [0.29, 0.717) is 6.04 Å². The minimum atomic E-state index is 0.475. The predicted molar refractivity (Wildman–Crippen MR) is 104 cm³/mol. The van der Waals surface area contributed by atoms with Gasteiger partial charge in [-0.3, -0.25) is 0 Å². The summed E-state index contributed by atoms with van der Waals surface area (Å²) < 4.78 is 5.50. The third kappa shape index (κ3) is 4.14. The molecule has 1 atom stereocenters. The number of rotatable bonds is 5. The van der Waals surface area contributed by atoms with Crippen molar-refractivity contribution in [3.8, 4) is 0 Å². The molecule has 1 N–H and O–H groups in total. The highest BCUT2D eigenvalue weighted by Gasteiger charge is 2.21. The third-order valence-corrected chi connectivity index (χ3v) is 5.23. The van der Waals surface area contributed by atoms with E-state index in [2.05, 4.69) is 49.6 Å². The largest absolute Gasteiger partial charge is 0.378 e. The third-order valence-electron chi connectivity index (χ3n) is 5.23. The van der Waals surface area contributed by atoms with E-state index in [0.717, 1.165) is 51.8 Å². The van der Waals surface area contributed by atoms with Crippen molar-refractivity contribution in [1.29, 1.82) is 0 Å². The van der Waals surface area contributed by atoms with Gasteiger partial charge in [0.05, 0.1) is 13.2 Å². The lowest BCUT2D eigenvalue weighted by Gasteiger charge is -2.34. The molecule has 6 heteroatoms. The highest BCUT2D eigenvalue weighted by Crippen LogP contribution is 2.22. The summed E-state index contributed by atoms with van der Waals surface area (Å²) in [6.07, 6.45) is 4.11. The summed E-state index contributed by atoms with van der Waals surface area (Å²) in [4.78, 5) is 4.77. The minimum Gasteiger partial charge on any atom is -0.378 e. The van der Waals surface area contributed by atoms with E-state index in [1.807, 2.05) is 12.1 Å². The van der Waals surface area contributed by atoms with Crippen molar-refractivity contribution in [2.45, 2.75) is 25.4 Å². The van der Waals surface area contributed by atoms with Crippen molar-refractivity contribution in [2.75, 3.05) is 49.2 Å². The summed E-state index contributed by atoms with van der Waals surface area (Å²) in [6, 6.07) is 13.2. The molecule has 0 bridgehead atoms. The topological polar surface area (TPSA) is 53.5 Å². The first kappa shape index (κ1) is 17.2. The maximum Gasteiger partial charge on any atom is 0.151 e. The average molecular weight is 353 g/mol. The SMILES string of the molecule is c1cnnc(N2CCC[C@H](NCc3ccccc3N3CCOCC3)C2)c1. The molecule has 0 unspecified atom stereocenters. The van der Waals surface area contributed by atoms with E-state index in [4.69, 9.17) is 4.74 Å². The molecule has 138 valence electrons. The Morgan fingerprint density at radius 3 is 2.77 bits per heavy atom. The molecule has 26 heavy (non-hydrogen) atoms. The van der Waals surface area contributed by atoms with E-state index in [1.165, 1.54) is 24.1 Å². The van der Waals surface area contributed by atoms with Crippen LogP contribution in [0.1, 0.15) is 18.4 Å². The molecular formula is C20H27N5O. The molecule has 2 saturated heterocycles. The van der Waals surface area contributed by atoms with Crippen LogP contribution in [0.5, 0.6) is 0 Å². The van der Waals surface area contributed by atoms with Crippen LogP contribution in [-0.4, -0.2) is 55.6 Å². The van der Waals surface area contributed by atoms with Crippen molar-refractivity contribution in [3.63, 3.8) is 0 Å². The summed E-state index contributed by atoms with van der Waals surface area (Å²) in [6.45, 7) is 6.52. The number of para-hydroxylation sites is 1. The zero-order valence-electron chi connectivity index (χ0n) is 15.2. The van der Waals surface area contributed by atoms with Crippen LogP contribution in [0.15, 0.2) is 42.6 Å². The fourth-order valence-corrected chi connectivity index (χ4v) is 3.84. The number of morpholine rings is 1.